The zero-order valence-electron chi connectivity index (χ0n) is 15.3. The predicted molar refractivity (Wildman–Crippen MR) is 108 cm³/mol. The van der Waals surface area contributed by atoms with Gasteiger partial charge in [0.05, 0.1) is 23.2 Å². The number of aromatic nitrogens is 4. The average molecular weight is 391 g/mol. The largest absolute Gasteiger partial charge is 0.461 e. The summed E-state index contributed by atoms with van der Waals surface area (Å²) in [5.74, 6) is 0.784. The third kappa shape index (κ3) is 3.54. The molecule has 0 saturated heterocycles. The highest BCUT2D eigenvalue weighted by molar-refractivity contribution is 7.98. The van der Waals surface area contributed by atoms with E-state index < -0.39 is 0 Å². The summed E-state index contributed by atoms with van der Waals surface area (Å²) in [5, 5.41) is 7.71. The van der Waals surface area contributed by atoms with Crippen LogP contribution in [-0.2, 0) is 0 Å². The van der Waals surface area contributed by atoms with Gasteiger partial charge in [0, 0.05) is 18.1 Å². The molecule has 8 heteroatoms. The quantitative estimate of drug-likeness (QED) is 0.405. The smallest absolute Gasteiger partial charge is 0.260 e. The lowest BCUT2D eigenvalue weighted by atomic mass is 10.2. The fourth-order valence-corrected chi connectivity index (χ4v) is 3.41. The molecule has 1 N–H and O–H groups in total. The molecule has 7 nitrogen and oxygen atoms in total. The van der Waals surface area contributed by atoms with Gasteiger partial charge in [0.15, 0.2) is 11.6 Å². The molecule has 28 heavy (non-hydrogen) atoms. The maximum atomic E-state index is 12.9. The van der Waals surface area contributed by atoms with Gasteiger partial charge >= 0.3 is 0 Å². The molecule has 0 aliphatic carbocycles. The number of hydrogen-bond acceptors (Lipinski definition) is 6. The lowest BCUT2D eigenvalue weighted by Crippen LogP contribution is -2.17. The van der Waals surface area contributed by atoms with E-state index in [0.29, 0.717) is 33.6 Å². The maximum Gasteiger partial charge on any atom is 0.260 e. The summed E-state index contributed by atoms with van der Waals surface area (Å²) in [7, 11) is 0. The van der Waals surface area contributed by atoms with Crippen molar-refractivity contribution in [3.8, 4) is 17.3 Å². The number of benzene rings is 1. The van der Waals surface area contributed by atoms with Gasteiger partial charge in [-0.05, 0) is 55.6 Å². The first kappa shape index (κ1) is 18.0. The molecule has 0 radical (unpaired) electrons. The summed E-state index contributed by atoms with van der Waals surface area (Å²) in [6, 6.07) is 12.9. The Labute approximate surface area is 165 Å². The molecule has 4 aromatic rings. The van der Waals surface area contributed by atoms with Crippen molar-refractivity contribution in [2.75, 3.05) is 11.6 Å². The Morgan fingerprint density at radius 3 is 2.61 bits per heavy atom. The molecule has 0 saturated carbocycles. The molecule has 0 fully saturated rings. The van der Waals surface area contributed by atoms with Crippen LogP contribution in [0.25, 0.3) is 17.3 Å². The molecule has 4 rings (SSSR count). The summed E-state index contributed by atoms with van der Waals surface area (Å²) in [6.45, 7) is 1.80. The number of aryl methyl sites for hydroxylation is 1. The van der Waals surface area contributed by atoms with Gasteiger partial charge in [0.1, 0.15) is 5.03 Å². The van der Waals surface area contributed by atoms with Crippen molar-refractivity contribution in [1.82, 2.24) is 19.7 Å². The van der Waals surface area contributed by atoms with Crippen LogP contribution in [0.5, 0.6) is 0 Å². The fourth-order valence-electron chi connectivity index (χ4n) is 2.78. The molecule has 1 aromatic carbocycles. The molecule has 3 heterocycles. The van der Waals surface area contributed by atoms with Gasteiger partial charge < -0.3 is 9.73 Å². The monoisotopic (exact) mass is 391 g/mol. The fraction of sp³-hybridized carbons (Fsp3) is 0.100. The van der Waals surface area contributed by atoms with Crippen LogP contribution in [0.1, 0.15) is 16.1 Å². The van der Waals surface area contributed by atoms with Gasteiger partial charge in [0.2, 0.25) is 0 Å². The SMILES string of the molecule is CSc1nc(-c2ccco2)nc(C)c1C(=O)Nc1ccc(-n2cccn2)cc1. The normalized spacial score (nSPS) is 10.8. The number of hydrogen-bond donors (Lipinski definition) is 1. The van der Waals surface area contributed by atoms with Crippen molar-refractivity contribution < 1.29 is 9.21 Å². The summed E-state index contributed by atoms with van der Waals surface area (Å²) >= 11 is 1.40. The van der Waals surface area contributed by atoms with Crippen LogP contribution in [0.15, 0.2) is 70.6 Å². The first-order valence-corrected chi connectivity index (χ1v) is 9.76. The summed E-state index contributed by atoms with van der Waals surface area (Å²) in [4.78, 5) is 21.8. The third-order valence-corrected chi connectivity index (χ3v) is 4.79. The molecule has 0 atom stereocenters. The molecule has 140 valence electrons. The minimum Gasteiger partial charge on any atom is -0.461 e. The molecule has 1 amide bonds. The van der Waals surface area contributed by atoms with Gasteiger partial charge in [-0.2, -0.15) is 5.10 Å². The van der Waals surface area contributed by atoms with Crippen molar-refractivity contribution in [1.29, 1.82) is 0 Å². The molecule has 0 spiro atoms. The lowest BCUT2D eigenvalue weighted by molar-refractivity contribution is 0.102. The Hall–Kier alpha value is -3.39. The van der Waals surface area contributed by atoms with E-state index in [4.69, 9.17) is 4.42 Å². The highest BCUT2D eigenvalue weighted by atomic mass is 32.2. The molecule has 3 aromatic heterocycles. The first-order valence-electron chi connectivity index (χ1n) is 8.53. The van der Waals surface area contributed by atoms with E-state index in [9.17, 15) is 4.79 Å². The predicted octanol–water partition coefficient (Wildman–Crippen LogP) is 4.20. The van der Waals surface area contributed by atoms with E-state index in [-0.39, 0.29) is 5.91 Å². The second-order valence-electron chi connectivity index (χ2n) is 5.95. The van der Waals surface area contributed by atoms with Crippen LogP contribution in [-0.4, -0.2) is 31.9 Å². The number of carbonyl (C=O) groups is 1. The van der Waals surface area contributed by atoms with Crippen molar-refractivity contribution in [3.05, 3.63) is 72.4 Å². The standard InChI is InChI=1S/C20H17N5O2S/c1-13-17(20(28-2)24-18(22-13)16-5-3-12-27-16)19(26)23-14-6-8-15(9-7-14)25-11-4-10-21-25/h3-12H,1-2H3,(H,23,26). The molecule has 0 aliphatic rings. The van der Waals surface area contributed by atoms with Crippen molar-refractivity contribution in [2.24, 2.45) is 0 Å². The second-order valence-corrected chi connectivity index (χ2v) is 6.74. The van der Waals surface area contributed by atoms with Crippen LogP contribution >= 0.6 is 11.8 Å². The van der Waals surface area contributed by atoms with Crippen LogP contribution in [0.2, 0.25) is 0 Å². The van der Waals surface area contributed by atoms with Crippen LogP contribution < -0.4 is 5.32 Å². The first-order chi connectivity index (χ1) is 13.7. The minimum atomic E-state index is -0.250. The van der Waals surface area contributed by atoms with Gasteiger partial charge in [-0.25, -0.2) is 14.6 Å². The third-order valence-electron chi connectivity index (χ3n) is 4.11. The molecule has 0 bridgehead atoms. The second kappa shape index (κ2) is 7.69. The topological polar surface area (TPSA) is 85.8 Å². The van der Waals surface area contributed by atoms with Gasteiger partial charge in [-0.15, -0.1) is 11.8 Å². The van der Waals surface area contributed by atoms with E-state index in [1.165, 1.54) is 11.8 Å². The summed E-state index contributed by atoms with van der Waals surface area (Å²) in [5.41, 5.74) is 2.65. The Morgan fingerprint density at radius 2 is 1.96 bits per heavy atom. The van der Waals surface area contributed by atoms with Gasteiger partial charge in [-0.1, -0.05) is 0 Å². The van der Waals surface area contributed by atoms with E-state index in [1.807, 2.05) is 42.8 Å². The lowest BCUT2D eigenvalue weighted by Gasteiger charge is -2.12. The zero-order valence-corrected chi connectivity index (χ0v) is 16.1. The zero-order chi connectivity index (χ0) is 19.5. The Balaban J connectivity index is 1.59. The highest BCUT2D eigenvalue weighted by Gasteiger charge is 2.20. The van der Waals surface area contributed by atoms with Crippen LogP contribution in [0.4, 0.5) is 5.69 Å². The number of nitrogens with one attached hydrogen (secondary N) is 1. The Bertz CT molecular complexity index is 1090. The van der Waals surface area contributed by atoms with Crippen molar-refractivity contribution >= 4 is 23.4 Å². The number of rotatable bonds is 5. The number of thioether (sulfide) groups is 1. The molecular formula is C20H17N5O2S. The molecule has 0 aliphatic heterocycles. The van der Waals surface area contributed by atoms with Gasteiger partial charge in [0.25, 0.3) is 5.91 Å². The van der Waals surface area contributed by atoms with Crippen LogP contribution in [0.3, 0.4) is 0 Å². The molecule has 0 unspecified atom stereocenters. The van der Waals surface area contributed by atoms with E-state index >= 15 is 0 Å². The Morgan fingerprint density at radius 1 is 1.14 bits per heavy atom. The number of anilines is 1. The Kier molecular flexibility index (Phi) is 4.94. The van der Waals surface area contributed by atoms with Crippen molar-refractivity contribution in [3.63, 3.8) is 0 Å². The van der Waals surface area contributed by atoms with Gasteiger partial charge in [-0.3, -0.25) is 4.79 Å². The highest BCUT2D eigenvalue weighted by Crippen LogP contribution is 2.26. The molecular weight excluding hydrogens is 374 g/mol. The number of amides is 1. The summed E-state index contributed by atoms with van der Waals surface area (Å²) < 4.78 is 7.12. The van der Waals surface area contributed by atoms with Crippen LogP contribution in [0, 0.1) is 6.92 Å². The summed E-state index contributed by atoms with van der Waals surface area (Å²) in [6.07, 6.45) is 7.03. The van der Waals surface area contributed by atoms with E-state index in [1.54, 1.807) is 36.2 Å². The average Bonchev–Trinajstić information content (AvgIpc) is 3.42. The minimum absolute atomic E-state index is 0.250. The number of furan rings is 1. The maximum absolute atomic E-state index is 12.9. The van der Waals surface area contributed by atoms with E-state index in [0.717, 1.165) is 5.69 Å². The van der Waals surface area contributed by atoms with Crippen molar-refractivity contribution in [2.45, 2.75) is 11.9 Å². The number of nitrogens with zero attached hydrogens (tertiary/aromatic N) is 4. The number of carbonyl (C=O) groups excluding carboxylic acids is 1. The van der Waals surface area contributed by atoms with E-state index in [2.05, 4.69) is 20.4 Å².